The number of anilines is 1. The van der Waals surface area contributed by atoms with E-state index in [1.807, 2.05) is 51.1 Å². The maximum Gasteiger partial charge on any atom is 0.146 e. The molecule has 0 saturated heterocycles. The van der Waals surface area contributed by atoms with Crippen LogP contribution >= 0.6 is 0 Å². The van der Waals surface area contributed by atoms with Crippen LogP contribution in [-0.4, -0.2) is 8.96 Å². The van der Waals surface area contributed by atoms with Crippen molar-refractivity contribution in [2.45, 2.75) is 56.7 Å². The van der Waals surface area contributed by atoms with E-state index < -0.39 is 27.1 Å². The van der Waals surface area contributed by atoms with Crippen molar-refractivity contribution in [3.05, 3.63) is 65.5 Å². The highest BCUT2D eigenvalue weighted by Crippen LogP contribution is 2.42. The van der Waals surface area contributed by atoms with Gasteiger partial charge in [0.1, 0.15) is 5.82 Å². The molecule has 2 aromatic rings. The van der Waals surface area contributed by atoms with E-state index in [9.17, 15) is 8.60 Å². The second kappa shape index (κ2) is 7.72. The molecule has 2 aromatic carbocycles. The molecule has 3 nitrogen and oxygen atoms in total. The predicted octanol–water partition coefficient (Wildman–Crippen LogP) is 4.89. The largest absolute Gasteiger partial charge is 0.396 e. The van der Waals surface area contributed by atoms with Crippen molar-refractivity contribution in [1.29, 1.82) is 0 Å². The Balaban J connectivity index is 2.13. The van der Waals surface area contributed by atoms with Gasteiger partial charge in [0.15, 0.2) is 0 Å². The van der Waals surface area contributed by atoms with Crippen LogP contribution in [0.2, 0.25) is 0 Å². The third kappa shape index (κ3) is 4.58. The van der Waals surface area contributed by atoms with Crippen molar-refractivity contribution in [2.75, 3.05) is 5.73 Å². The minimum atomic E-state index is -1.30. The van der Waals surface area contributed by atoms with Crippen LogP contribution in [-0.2, 0) is 16.5 Å². The number of halogens is 1. The summed E-state index contributed by atoms with van der Waals surface area (Å²) in [7, 11) is -1.30. The number of hydrogen-bond donors (Lipinski definition) is 2. The van der Waals surface area contributed by atoms with Crippen molar-refractivity contribution in [2.24, 2.45) is 5.92 Å². The molecule has 0 bridgehead atoms. The van der Waals surface area contributed by atoms with Gasteiger partial charge in [0.25, 0.3) is 0 Å². The lowest BCUT2D eigenvalue weighted by atomic mass is 9.79. The van der Waals surface area contributed by atoms with Gasteiger partial charge in [-0.25, -0.2) is 13.3 Å². The van der Waals surface area contributed by atoms with Crippen LogP contribution in [0.4, 0.5) is 10.1 Å². The van der Waals surface area contributed by atoms with Gasteiger partial charge in [0, 0.05) is 0 Å². The van der Waals surface area contributed by atoms with Gasteiger partial charge in [-0.1, -0.05) is 49.2 Å². The number of nitrogens with two attached hydrogens (primary N) is 1. The Hall–Kier alpha value is -1.72. The lowest BCUT2D eigenvalue weighted by Gasteiger charge is -2.38. The zero-order valence-electron chi connectivity index (χ0n) is 16.3. The molecule has 1 aliphatic carbocycles. The molecule has 0 amide bonds. The Labute approximate surface area is 164 Å². The number of rotatable bonds is 7. The van der Waals surface area contributed by atoms with E-state index >= 15 is 0 Å². The van der Waals surface area contributed by atoms with E-state index in [0.29, 0.717) is 0 Å². The molecule has 27 heavy (non-hydrogen) atoms. The zero-order valence-corrected chi connectivity index (χ0v) is 17.1. The highest BCUT2D eigenvalue weighted by molar-refractivity contribution is 7.84. The van der Waals surface area contributed by atoms with E-state index in [2.05, 4.69) is 4.72 Å². The van der Waals surface area contributed by atoms with Gasteiger partial charge >= 0.3 is 0 Å². The van der Waals surface area contributed by atoms with E-state index in [1.165, 1.54) is 18.9 Å². The molecule has 0 aromatic heterocycles. The topological polar surface area (TPSA) is 55.1 Å². The van der Waals surface area contributed by atoms with E-state index in [1.54, 1.807) is 12.1 Å². The standard InChI is InChI=1S/C22H29FN2OS/c1-21(2,3)27(26)25-22(14-13-16-9-10-16,17-7-5-4-6-8-17)18-11-12-19(23)20(24)15-18/h4-8,11-12,15-16,25H,9-10,13-14,24H2,1-3H3/t22-,27+/m1/s1. The van der Waals surface area contributed by atoms with Crippen LogP contribution < -0.4 is 10.5 Å². The molecule has 1 fully saturated rings. The summed E-state index contributed by atoms with van der Waals surface area (Å²) in [5.41, 5.74) is 7.21. The molecule has 1 saturated carbocycles. The van der Waals surface area contributed by atoms with Crippen molar-refractivity contribution < 1.29 is 8.60 Å². The monoisotopic (exact) mass is 388 g/mol. The quantitative estimate of drug-likeness (QED) is 0.663. The van der Waals surface area contributed by atoms with Gasteiger partial charge in [0.05, 0.1) is 27.0 Å². The molecule has 5 heteroatoms. The average molecular weight is 389 g/mol. The van der Waals surface area contributed by atoms with E-state index in [0.717, 1.165) is 29.9 Å². The Morgan fingerprint density at radius 1 is 1.11 bits per heavy atom. The van der Waals surface area contributed by atoms with Crippen LogP contribution in [0.1, 0.15) is 57.6 Å². The molecule has 0 heterocycles. The summed E-state index contributed by atoms with van der Waals surface area (Å²) in [5, 5.41) is 0. The third-order valence-corrected chi connectivity index (χ3v) is 6.85. The minimum absolute atomic E-state index is 0.113. The molecular weight excluding hydrogens is 359 g/mol. The van der Waals surface area contributed by atoms with Crippen LogP contribution in [0.3, 0.4) is 0 Å². The molecular formula is C22H29FN2OS. The Morgan fingerprint density at radius 2 is 1.78 bits per heavy atom. The van der Waals surface area contributed by atoms with Crippen LogP contribution in [0.25, 0.3) is 0 Å². The predicted molar refractivity (Wildman–Crippen MR) is 111 cm³/mol. The first-order valence-electron chi connectivity index (χ1n) is 9.53. The highest BCUT2D eigenvalue weighted by atomic mass is 32.2. The Morgan fingerprint density at radius 3 is 2.33 bits per heavy atom. The fraction of sp³-hybridized carbons (Fsp3) is 0.455. The summed E-state index contributed by atoms with van der Waals surface area (Å²) in [6.07, 6.45) is 4.31. The van der Waals surface area contributed by atoms with Crippen molar-refractivity contribution in [3.63, 3.8) is 0 Å². The Kier molecular flexibility index (Phi) is 5.73. The van der Waals surface area contributed by atoms with Crippen molar-refractivity contribution in [1.82, 2.24) is 4.72 Å². The summed E-state index contributed by atoms with van der Waals surface area (Å²) in [6, 6.07) is 14.9. The first kappa shape index (κ1) is 20.0. The number of nitrogen functional groups attached to an aromatic ring is 1. The van der Waals surface area contributed by atoms with Crippen LogP contribution in [0, 0.1) is 11.7 Å². The first-order valence-corrected chi connectivity index (χ1v) is 10.7. The maximum atomic E-state index is 13.9. The number of hydrogen-bond acceptors (Lipinski definition) is 2. The summed E-state index contributed by atoms with van der Waals surface area (Å²) in [5.74, 6) is 0.288. The molecule has 3 rings (SSSR count). The van der Waals surface area contributed by atoms with Crippen LogP contribution in [0.5, 0.6) is 0 Å². The lowest BCUT2D eigenvalue weighted by molar-refractivity contribution is 0.415. The van der Waals surface area contributed by atoms with Gasteiger partial charge in [-0.3, -0.25) is 0 Å². The van der Waals surface area contributed by atoms with E-state index in [4.69, 9.17) is 5.73 Å². The zero-order chi connectivity index (χ0) is 19.7. The highest BCUT2D eigenvalue weighted by Gasteiger charge is 2.39. The molecule has 3 N–H and O–H groups in total. The van der Waals surface area contributed by atoms with Gasteiger partial charge in [0.2, 0.25) is 0 Å². The molecule has 0 radical (unpaired) electrons. The van der Waals surface area contributed by atoms with Gasteiger partial charge < -0.3 is 5.73 Å². The molecule has 0 unspecified atom stereocenters. The van der Waals surface area contributed by atoms with Crippen molar-refractivity contribution in [3.8, 4) is 0 Å². The van der Waals surface area contributed by atoms with Crippen molar-refractivity contribution >= 4 is 16.7 Å². The van der Waals surface area contributed by atoms with Crippen LogP contribution in [0.15, 0.2) is 48.5 Å². The first-order chi connectivity index (χ1) is 12.7. The van der Waals surface area contributed by atoms with Gasteiger partial charge in [-0.05, 0) is 62.8 Å². The molecule has 1 aliphatic rings. The second-order valence-corrected chi connectivity index (χ2v) is 10.4. The summed E-state index contributed by atoms with van der Waals surface area (Å²) in [4.78, 5) is 0. The maximum absolute atomic E-state index is 13.9. The molecule has 2 atom stereocenters. The Bertz CT molecular complexity index is 815. The molecule has 146 valence electrons. The van der Waals surface area contributed by atoms with Gasteiger partial charge in [-0.2, -0.15) is 0 Å². The molecule has 0 aliphatic heterocycles. The van der Waals surface area contributed by atoms with Gasteiger partial charge in [-0.15, -0.1) is 0 Å². The average Bonchev–Trinajstić information content (AvgIpc) is 3.45. The fourth-order valence-corrected chi connectivity index (χ4v) is 4.26. The molecule has 0 spiro atoms. The fourth-order valence-electron chi connectivity index (χ4n) is 3.29. The summed E-state index contributed by atoms with van der Waals surface area (Å²) < 4.78 is 30.0. The normalized spacial score (nSPS) is 18.1. The smallest absolute Gasteiger partial charge is 0.146 e. The summed E-state index contributed by atoms with van der Waals surface area (Å²) >= 11 is 0. The lowest BCUT2D eigenvalue weighted by Crippen LogP contribution is -2.49. The SMILES string of the molecule is CC(C)(C)[S@](=O)N[C@](CCC1CC1)(c1ccccc1)c1ccc(F)c(N)c1. The summed E-state index contributed by atoms with van der Waals surface area (Å²) in [6.45, 7) is 5.85. The second-order valence-electron chi connectivity index (χ2n) is 8.47. The number of nitrogens with one attached hydrogen (secondary N) is 1. The third-order valence-electron chi connectivity index (χ3n) is 5.20. The number of benzene rings is 2. The minimum Gasteiger partial charge on any atom is -0.396 e. The van der Waals surface area contributed by atoms with E-state index in [-0.39, 0.29) is 5.69 Å².